The number of esters is 2. The Kier molecular flexibility index (Phi) is 3.36. The zero-order chi connectivity index (χ0) is 13.5. The number of hydrogen-bond acceptors (Lipinski definition) is 5. The Labute approximate surface area is 107 Å². The van der Waals surface area contributed by atoms with E-state index in [2.05, 4.69) is 6.92 Å². The van der Waals surface area contributed by atoms with Crippen molar-refractivity contribution in [3.8, 4) is 0 Å². The van der Waals surface area contributed by atoms with E-state index in [9.17, 15) is 9.59 Å². The molecule has 2 rings (SSSR count). The Hall–Kier alpha value is -1.10. The Bertz CT molecular complexity index is 358. The second-order valence-electron chi connectivity index (χ2n) is 5.54. The molecule has 3 atom stereocenters. The van der Waals surface area contributed by atoms with Crippen molar-refractivity contribution in [1.82, 2.24) is 0 Å². The smallest absolute Gasteiger partial charge is 0.305 e. The lowest BCUT2D eigenvalue weighted by atomic mass is 9.65. The third-order valence-electron chi connectivity index (χ3n) is 3.91. The highest BCUT2D eigenvalue weighted by Gasteiger charge is 2.60. The maximum atomic E-state index is 11.1. The second-order valence-corrected chi connectivity index (χ2v) is 5.54. The van der Waals surface area contributed by atoms with Crippen LogP contribution in [0.25, 0.3) is 0 Å². The van der Waals surface area contributed by atoms with Crippen molar-refractivity contribution >= 4 is 11.9 Å². The fraction of sp³-hybridized carbons (Fsp3) is 0.846. The summed E-state index contributed by atoms with van der Waals surface area (Å²) in [5.41, 5.74) is -0.292. The van der Waals surface area contributed by atoms with Gasteiger partial charge in [-0.1, -0.05) is 13.8 Å². The van der Waals surface area contributed by atoms with Crippen LogP contribution in [-0.4, -0.2) is 29.9 Å². The topological polar surface area (TPSA) is 61.8 Å². The van der Waals surface area contributed by atoms with Gasteiger partial charge in [-0.25, -0.2) is 0 Å². The minimum Gasteiger partial charge on any atom is -0.455 e. The van der Waals surface area contributed by atoms with Crippen molar-refractivity contribution in [2.45, 2.75) is 58.5 Å². The summed E-state index contributed by atoms with van der Waals surface area (Å²) >= 11 is 0. The Morgan fingerprint density at radius 2 is 1.67 bits per heavy atom. The quantitative estimate of drug-likeness (QED) is 0.703. The lowest BCUT2D eigenvalue weighted by molar-refractivity contribution is -0.219. The summed E-state index contributed by atoms with van der Waals surface area (Å²) in [6.45, 7) is 6.82. The number of hydrogen-bond donors (Lipinski definition) is 0. The molecule has 5 nitrogen and oxygen atoms in total. The summed E-state index contributed by atoms with van der Waals surface area (Å²) in [5, 5.41) is 0. The molecule has 1 spiro atoms. The Morgan fingerprint density at radius 1 is 1.11 bits per heavy atom. The van der Waals surface area contributed by atoms with Crippen LogP contribution in [0.1, 0.15) is 40.5 Å². The number of ether oxygens (including phenoxy) is 3. The molecule has 0 unspecified atom stereocenters. The van der Waals surface area contributed by atoms with Gasteiger partial charge in [-0.3, -0.25) is 9.59 Å². The predicted molar refractivity (Wildman–Crippen MR) is 62.5 cm³/mol. The summed E-state index contributed by atoms with van der Waals surface area (Å²) in [7, 11) is 0. The Morgan fingerprint density at radius 3 is 2.11 bits per heavy atom. The molecule has 0 aromatic carbocycles. The van der Waals surface area contributed by atoms with Crippen LogP contribution in [0.2, 0.25) is 0 Å². The van der Waals surface area contributed by atoms with E-state index in [1.54, 1.807) is 0 Å². The fourth-order valence-electron chi connectivity index (χ4n) is 3.13. The number of rotatable bonds is 2. The molecule has 2 aliphatic rings. The molecule has 0 radical (unpaired) electrons. The summed E-state index contributed by atoms with van der Waals surface area (Å²) < 4.78 is 16.3. The van der Waals surface area contributed by atoms with Crippen molar-refractivity contribution in [3.63, 3.8) is 0 Å². The number of carbonyl (C=O) groups is 2. The fourth-order valence-corrected chi connectivity index (χ4v) is 3.13. The van der Waals surface area contributed by atoms with Gasteiger partial charge in [-0.05, 0) is 18.8 Å². The monoisotopic (exact) mass is 256 g/mol. The first-order chi connectivity index (χ1) is 8.34. The first kappa shape index (κ1) is 13.3. The van der Waals surface area contributed by atoms with Crippen LogP contribution >= 0.6 is 0 Å². The molecular weight excluding hydrogens is 236 g/mol. The zero-order valence-electron chi connectivity index (χ0n) is 11.3. The summed E-state index contributed by atoms with van der Waals surface area (Å²) in [6.07, 6.45) is 0.570. The van der Waals surface area contributed by atoms with Crippen LogP contribution in [0.15, 0.2) is 0 Å². The van der Waals surface area contributed by atoms with E-state index < -0.39 is 18.4 Å². The molecule has 0 aromatic heterocycles. The molecule has 1 saturated carbocycles. The van der Waals surface area contributed by atoms with Gasteiger partial charge >= 0.3 is 11.9 Å². The summed E-state index contributed by atoms with van der Waals surface area (Å²) in [6, 6.07) is 0. The maximum Gasteiger partial charge on any atom is 0.305 e. The first-order valence-electron chi connectivity index (χ1n) is 6.36. The van der Waals surface area contributed by atoms with E-state index >= 15 is 0 Å². The van der Waals surface area contributed by atoms with Crippen molar-refractivity contribution < 1.29 is 23.8 Å². The van der Waals surface area contributed by atoms with Gasteiger partial charge in [-0.15, -0.1) is 0 Å². The van der Waals surface area contributed by atoms with Gasteiger partial charge in [0.2, 0.25) is 6.29 Å². The normalized spacial score (nSPS) is 42.4. The van der Waals surface area contributed by atoms with Crippen molar-refractivity contribution in [2.75, 3.05) is 0 Å². The zero-order valence-corrected chi connectivity index (χ0v) is 11.3. The van der Waals surface area contributed by atoms with Crippen molar-refractivity contribution in [1.29, 1.82) is 0 Å². The second kappa shape index (κ2) is 4.53. The van der Waals surface area contributed by atoms with Gasteiger partial charge < -0.3 is 14.2 Å². The molecule has 2 fully saturated rings. The molecule has 5 heteroatoms. The predicted octanol–water partition coefficient (Wildman–Crippen LogP) is 1.64. The highest BCUT2D eigenvalue weighted by Crippen LogP contribution is 2.53. The van der Waals surface area contributed by atoms with Crippen molar-refractivity contribution in [3.05, 3.63) is 0 Å². The van der Waals surface area contributed by atoms with E-state index in [4.69, 9.17) is 14.2 Å². The van der Waals surface area contributed by atoms with Gasteiger partial charge in [0.15, 0.2) is 6.10 Å². The third-order valence-corrected chi connectivity index (χ3v) is 3.91. The lowest BCUT2D eigenvalue weighted by Crippen LogP contribution is -2.48. The molecule has 0 amide bonds. The maximum absolute atomic E-state index is 11.1. The largest absolute Gasteiger partial charge is 0.455 e. The van der Waals surface area contributed by atoms with Crippen LogP contribution < -0.4 is 0 Å². The van der Waals surface area contributed by atoms with Gasteiger partial charge in [0.25, 0.3) is 0 Å². The van der Waals surface area contributed by atoms with Gasteiger partial charge in [0.1, 0.15) is 0 Å². The average molecular weight is 256 g/mol. The Balaban J connectivity index is 2.12. The molecule has 1 saturated heterocycles. The molecule has 0 N–H and O–H groups in total. The van der Waals surface area contributed by atoms with E-state index in [1.165, 1.54) is 13.8 Å². The highest BCUT2D eigenvalue weighted by molar-refractivity contribution is 5.67. The van der Waals surface area contributed by atoms with Gasteiger partial charge in [-0.2, -0.15) is 0 Å². The molecule has 1 heterocycles. The first-order valence-corrected chi connectivity index (χ1v) is 6.36. The minimum atomic E-state index is -0.770. The van der Waals surface area contributed by atoms with E-state index in [0.29, 0.717) is 5.92 Å². The minimum absolute atomic E-state index is 0.0435. The van der Waals surface area contributed by atoms with Crippen LogP contribution in [-0.2, 0) is 23.8 Å². The molecule has 18 heavy (non-hydrogen) atoms. The molecule has 0 aromatic rings. The molecule has 1 aliphatic carbocycles. The molecule has 1 aliphatic heterocycles. The van der Waals surface area contributed by atoms with Gasteiger partial charge in [0, 0.05) is 19.8 Å². The highest BCUT2D eigenvalue weighted by atomic mass is 16.7. The molecule has 102 valence electrons. The SMILES string of the molecule is CC(=O)O[C@H]1O[C@]2(C[C@@H](C)C2)[C@@H](C)[C@H]1OC(C)=O. The van der Waals surface area contributed by atoms with E-state index in [-0.39, 0.29) is 17.5 Å². The van der Waals surface area contributed by atoms with Gasteiger partial charge in [0.05, 0.1) is 5.60 Å². The molecule has 0 bridgehead atoms. The lowest BCUT2D eigenvalue weighted by Gasteiger charge is -2.45. The third kappa shape index (κ3) is 2.23. The van der Waals surface area contributed by atoms with E-state index in [0.717, 1.165) is 12.8 Å². The van der Waals surface area contributed by atoms with Crippen LogP contribution in [0.5, 0.6) is 0 Å². The van der Waals surface area contributed by atoms with Crippen molar-refractivity contribution in [2.24, 2.45) is 11.8 Å². The van der Waals surface area contributed by atoms with Crippen LogP contribution in [0, 0.1) is 11.8 Å². The average Bonchev–Trinajstić information content (AvgIpc) is 2.42. The standard InChI is InChI=1S/C13H20O5/c1-7-5-13(6-7)8(2)11(16-9(3)14)12(18-13)17-10(4)15/h7-8,11-12H,5-6H2,1-4H3/t7-,8-,11+,12-,13+/m0/s1. The van der Waals surface area contributed by atoms with Crippen LogP contribution in [0.3, 0.4) is 0 Å². The summed E-state index contributed by atoms with van der Waals surface area (Å²) in [4.78, 5) is 22.2. The van der Waals surface area contributed by atoms with E-state index in [1.807, 2.05) is 6.92 Å². The molecular formula is C13H20O5. The summed E-state index contributed by atoms with van der Waals surface area (Å²) in [5.74, 6) is -0.158. The number of carbonyl (C=O) groups excluding carboxylic acids is 2. The van der Waals surface area contributed by atoms with Crippen LogP contribution in [0.4, 0.5) is 0 Å².